The molecule has 35 heavy (non-hydrogen) atoms. The summed E-state index contributed by atoms with van der Waals surface area (Å²) >= 11 is 9.77. The van der Waals surface area contributed by atoms with E-state index in [1.807, 2.05) is 50.2 Å². The number of aryl methyl sites for hydroxylation is 2. The quantitative estimate of drug-likeness (QED) is 0.232. The molecule has 0 atom stereocenters. The van der Waals surface area contributed by atoms with E-state index in [0.29, 0.717) is 51.8 Å². The number of nitrogens with zero attached hydrogens (tertiary/aromatic N) is 3. The molecule has 0 N–H and O–H groups in total. The molecule has 0 spiro atoms. The van der Waals surface area contributed by atoms with E-state index < -0.39 is 0 Å². The van der Waals surface area contributed by atoms with Crippen LogP contribution in [0.3, 0.4) is 0 Å². The molecule has 0 amide bonds. The van der Waals surface area contributed by atoms with Crippen molar-refractivity contribution in [2.45, 2.75) is 33.3 Å². The zero-order valence-electron chi connectivity index (χ0n) is 19.7. The van der Waals surface area contributed by atoms with Crippen LogP contribution in [0.15, 0.2) is 69.0 Å². The lowest BCUT2D eigenvalue weighted by Gasteiger charge is -2.14. The number of halogens is 2. The normalized spacial score (nSPS) is 11.3. The number of hydrogen-bond acceptors (Lipinski definition) is 5. The van der Waals surface area contributed by atoms with E-state index in [0.717, 1.165) is 16.5 Å². The lowest BCUT2D eigenvalue weighted by Crippen LogP contribution is -2.22. The summed E-state index contributed by atoms with van der Waals surface area (Å²) in [4.78, 5) is 18.0. The van der Waals surface area contributed by atoms with Crippen LogP contribution in [0.2, 0.25) is 5.02 Å². The van der Waals surface area contributed by atoms with Gasteiger partial charge in [0.2, 0.25) is 0 Å². The van der Waals surface area contributed by atoms with Crippen molar-refractivity contribution in [1.29, 1.82) is 0 Å². The lowest BCUT2D eigenvalue weighted by molar-refractivity contribution is 0.284. The monoisotopic (exact) mass is 553 g/mol. The fraction of sp³-hybridized carbons (Fsp3) is 0.222. The maximum absolute atomic E-state index is 13.3. The van der Waals surface area contributed by atoms with E-state index >= 15 is 0 Å². The topological polar surface area (TPSA) is 65.7 Å². The molecule has 0 fully saturated rings. The molecular formula is C27H25BrClN3O3. The van der Waals surface area contributed by atoms with Crippen LogP contribution in [-0.4, -0.2) is 23.0 Å². The SMILES string of the molecule is CCCc1nc2ccc(Br)cc2c(=O)n1N=Cc1cc(Cl)cc(OC)c1OCc1ccc(C)cc1. The summed E-state index contributed by atoms with van der Waals surface area (Å²) < 4.78 is 13.8. The zero-order valence-corrected chi connectivity index (χ0v) is 22.1. The number of hydrogen-bond donors (Lipinski definition) is 0. The predicted molar refractivity (Wildman–Crippen MR) is 144 cm³/mol. The second kappa shape index (κ2) is 11.1. The van der Waals surface area contributed by atoms with Gasteiger partial charge in [-0.05, 0) is 43.2 Å². The van der Waals surface area contributed by atoms with Crippen molar-refractivity contribution in [3.8, 4) is 11.5 Å². The molecule has 1 heterocycles. The minimum Gasteiger partial charge on any atom is -0.493 e. The molecule has 180 valence electrons. The number of benzene rings is 3. The number of methoxy groups -OCH3 is 1. The van der Waals surface area contributed by atoms with Gasteiger partial charge in [-0.1, -0.05) is 64.3 Å². The van der Waals surface area contributed by atoms with Gasteiger partial charge >= 0.3 is 0 Å². The molecule has 3 aromatic carbocycles. The molecule has 0 aliphatic carbocycles. The van der Waals surface area contributed by atoms with Gasteiger partial charge in [0.1, 0.15) is 12.4 Å². The summed E-state index contributed by atoms with van der Waals surface area (Å²) in [7, 11) is 1.56. The summed E-state index contributed by atoms with van der Waals surface area (Å²) in [6.45, 7) is 4.41. The Bertz CT molecular complexity index is 1450. The van der Waals surface area contributed by atoms with Gasteiger partial charge in [-0.25, -0.2) is 4.98 Å². The van der Waals surface area contributed by atoms with Crippen LogP contribution in [-0.2, 0) is 13.0 Å². The Morgan fingerprint density at radius 1 is 1.14 bits per heavy atom. The molecule has 0 unspecified atom stereocenters. The van der Waals surface area contributed by atoms with Gasteiger partial charge in [0.15, 0.2) is 11.5 Å². The van der Waals surface area contributed by atoms with Crippen molar-refractivity contribution in [3.63, 3.8) is 0 Å². The molecule has 0 aliphatic heterocycles. The molecule has 0 saturated carbocycles. The second-order valence-corrected chi connectivity index (χ2v) is 9.45. The average molecular weight is 555 g/mol. The standard InChI is InChI=1S/C27H25BrClN3O3/c1-4-5-25-31-23-11-10-20(28)13-22(23)27(33)32(25)30-15-19-12-21(29)14-24(34-3)26(19)35-16-18-8-6-17(2)7-9-18/h6-15H,4-5,16H2,1-3H3. The Morgan fingerprint density at radius 2 is 1.91 bits per heavy atom. The largest absolute Gasteiger partial charge is 0.493 e. The number of rotatable bonds is 8. The van der Waals surface area contributed by atoms with Gasteiger partial charge in [-0.3, -0.25) is 4.79 Å². The van der Waals surface area contributed by atoms with Crippen LogP contribution >= 0.6 is 27.5 Å². The van der Waals surface area contributed by atoms with Gasteiger partial charge in [0, 0.05) is 27.5 Å². The number of fused-ring (bicyclic) bond motifs is 1. The van der Waals surface area contributed by atoms with Crippen LogP contribution in [0.25, 0.3) is 10.9 Å². The van der Waals surface area contributed by atoms with Crippen LogP contribution < -0.4 is 15.0 Å². The predicted octanol–water partition coefficient (Wildman–Crippen LogP) is 6.54. The van der Waals surface area contributed by atoms with Crippen molar-refractivity contribution < 1.29 is 9.47 Å². The first kappa shape index (κ1) is 24.9. The summed E-state index contributed by atoms with van der Waals surface area (Å²) in [6.07, 6.45) is 2.99. The third-order valence-corrected chi connectivity index (χ3v) is 6.14. The zero-order chi connectivity index (χ0) is 24.9. The molecule has 4 aromatic rings. The van der Waals surface area contributed by atoms with Gasteiger partial charge in [-0.2, -0.15) is 9.78 Å². The summed E-state index contributed by atoms with van der Waals surface area (Å²) in [6, 6.07) is 17.0. The number of aromatic nitrogens is 2. The Hall–Kier alpha value is -3.16. The van der Waals surface area contributed by atoms with E-state index in [4.69, 9.17) is 21.1 Å². The molecule has 1 aromatic heterocycles. The minimum absolute atomic E-state index is 0.243. The van der Waals surface area contributed by atoms with Crippen LogP contribution in [0, 0.1) is 6.92 Å². The van der Waals surface area contributed by atoms with Crippen LogP contribution in [0.4, 0.5) is 0 Å². The first-order valence-electron chi connectivity index (χ1n) is 11.2. The second-order valence-electron chi connectivity index (χ2n) is 8.10. The molecule has 8 heteroatoms. The van der Waals surface area contributed by atoms with Crippen LogP contribution in [0.1, 0.15) is 35.9 Å². The Morgan fingerprint density at radius 3 is 2.63 bits per heavy atom. The third kappa shape index (κ3) is 5.74. The van der Waals surface area contributed by atoms with E-state index in [1.54, 1.807) is 31.5 Å². The number of ether oxygens (including phenoxy) is 2. The first-order chi connectivity index (χ1) is 16.9. The lowest BCUT2D eigenvalue weighted by atomic mass is 10.1. The van der Waals surface area contributed by atoms with E-state index in [9.17, 15) is 4.79 Å². The first-order valence-corrected chi connectivity index (χ1v) is 12.4. The highest BCUT2D eigenvalue weighted by Gasteiger charge is 2.14. The molecule has 6 nitrogen and oxygen atoms in total. The van der Waals surface area contributed by atoms with Gasteiger partial charge in [0.25, 0.3) is 5.56 Å². The van der Waals surface area contributed by atoms with Gasteiger partial charge in [0.05, 0.1) is 24.2 Å². The molecule has 0 saturated heterocycles. The molecule has 0 radical (unpaired) electrons. The van der Waals surface area contributed by atoms with Crippen molar-refractivity contribution in [1.82, 2.24) is 9.66 Å². The fourth-order valence-electron chi connectivity index (χ4n) is 3.65. The molecular weight excluding hydrogens is 530 g/mol. The van der Waals surface area contributed by atoms with Crippen molar-refractivity contribution >= 4 is 44.6 Å². The average Bonchev–Trinajstić information content (AvgIpc) is 2.84. The third-order valence-electron chi connectivity index (χ3n) is 5.43. The Kier molecular flexibility index (Phi) is 7.88. The maximum Gasteiger partial charge on any atom is 0.282 e. The Balaban J connectivity index is 1.77. The van der Waals surface area contributed by atoms with E-state index in [-0.39, 0.29) is 5.56 Å². The van der Waals surface area contributed by atoms with Gasteiger partial charge in [-0.15, -0.1) is 0 Å². The summed E-state index contributed by atoms with van der Waals surface area (Å²) in [5.74, 6) is 1.55. The van der Waals surface area contributed by atoms with Gasteiger partial charge < -0.3 is 9.47 Å². The highest BCUT2D eigenvalue weighted by molar-refractivity contribution is 9.10. The van der Waals surface area contributed by atoms with Crippen molar-refractivity contribution in [2.75, 3.05) is 7.11 Å². The fourth-order valence-corrected chi connectivity index (χ4v) is 4.23. The Labute approximate surface area is 217 Å². The van der Waals surface area contributed by atoms with E-state index in [2.05, 4.69) is 26.0 Å². The van der Waals surface area contributed by atoms with E-state index in [1.165, 1.54) is 10.2 Å². The highest BCUT2D eigenvalue weighted by Crippen LogP contribution is 2.34. The van der Waals surface area contributed by atoms with Crippen molar-refractivity contribution in [2.24, 2.45) is 5.10 Å². The van der Waals surface area contributed by atoms with Crippen LogP contribution in [0.5, 0.6) is 11.5 Å². The summed E-state index contributed by atoms with van der Waals surface area (Å²) in [5.41, 5.74) is 3.17. The highest BCUT2D eigenvalue weighted by atomic mass is 79.9. The maximum atomic E-state index is 13.3. The smallest absolute Gasteiger partial charge is 0.282 e. The molecule has 0 aliphatic rings. The molecule has 0 bridgehead atoms. The van der Waals surface area contributed by atoms with Crippen molar-refractivity contribution in [3.05, 3.63) is 97.0 Å². The summed E-state index contributed by atoms with van der Waals surface area (Å²) in [5, 5.41) is 5.47. The minimum atomic E-state index is -0.243. The molecule has 4 rings (SSSR count).